The van der Waals surface area contributed by atoms with Crippen molar-refractivity contribution >= 4 is 5.69 Å². The molecule has 1 atom stereocenters. The summed E-state index contributed by atoms with van der Waals surface area (Å²) in [5.41, 5.74) is 2.67. The van der Waals surface area contributed by atoms with Crippen molar-refractivity contribution in [2.75, 3.05) is 38.1 Å². The number of aromatic nitrogens is 1. The number of nitrogens with zero attached hydrogens (tertiary/aromatic N) is 3. The van der Waals surface area contributed by atoms with E-state index in [1.54, 1.807) is 0 Å². The molecular formula is C17H30N4. The Kier molecular flexibility index (Phi) is 6.00. The van der Waals surface area contributed by atoms with Gasteiger partial charge in [0.1, 0.15) is 0 Å². The highest BCUT2D eigenvalue weighted by Crippen LogP contribution is 2.23. The lowest BCUT2D eigenvalue weighted by atomic mass is 10.1. The smallest absolute Gasteiger partial charge is 0.0445 e. The highest BCUT2D eigenvalue weighted by atomic mass is 15.2. The summed E-state index contributed by atoms with van der Waals surface area (Å²) in [5, 5.41) is 3.54. The normalized spacial score (nSPS) is 20.8. The second-order valence-electron chi connectivity index (χ2n) is 6.69. The van der Waals surface area contributed by atoms with Gasteiger partial charge in [-0.3, -0.25) is 4.98 Å². The van der Waals surface area contributed by atoms with E-state index >= 15 is 0 Å². The fraction of sp³-hybridized carbons (Fsp3) is 0.706. The van der Waals surface area contributed by atoms with Crippen LogP contribution in [0.2, 0.25) is 0 Å². The molecular weight excluding hydrogens is 260 g/mol. The highest BCUT2D eigenvalue weighted by Gasteiger charge is 2.21. The van der Waals surface area contributed by atoms with E-state index < -0.39 is 0 Å². The van der Waals surface area contributed by atoms with E-state index in [0.29, 0.717) is 12.0 Å². The first kappa shape index (κ1) is 16.2. The van der Waals surface area contributed by atoms with Crippen molar-refractivity contribution in [1.82, 2.24) is 15.2 Å². The van der Waals surface area contributed by atoms with Gasteiger partial charge in [-0.15, -0.1) is 0 Å². The Labute approximate surface area is 129 Å². The van der Waals surface area contributed by atoms with Gasteiger partial charge in [0.05, 0.1) is 0 Å². The van der Waals surface area contributed by atoms with Crippen molar-refractivity contribution in [1.29, 1.82) is 0 Å². The van der Waals surface area contributed by atoms with Gasteiger partial charge in [-0.2, -0.15) is 0 Å². The standard InChI is InChI=1S/C17H30N4/c1-14(2)10-19-12-16-11-18-7-6-17(16)21-9-5-8-20(4)13-15(21)3/h6-7,11,14-15,19H,5,8-10,12-13H2,1-4H3. The van der Waals surface area contributed by atoms with Crippen LogP contribution in [-0.2, 0) is 6.54 Å². The van der Waals surface area contributed by atoms with Crippen LogP contribution in [0.4, 0.5) is 5.69 Å². The predicted octanol–water partition coefficient (Wildman–Crippen LogP) is 2.36. The average Bonchev–Trinajstić information content (AvgIpc) is 2.59. The Morgan fingerprint density at radius 3 is 2.95 bits per heavy atom. The molecule has 0 saturated carbocycles. The van der Waals surface area contributed by atoms with E-state index in [1.165, 1.54) is 24.2 Å². The molecule has 1 aliphatic rings. The zero-order valence-electron chi connectivity index (χ0n) is 14.0. The molecule has 2 rings (SSSR count). The van der Waals surface area contributed by atoms with Crippen molar-refractivity contribution in [2.24, 2.45) is 5.92 Å². The minimum atomic E-state index is 0.545. The zero-order valence-corrected chi connectivity index (χ0v) is 14.0. The van der Waals surface area contributed by atoms with Crippen LogP contribution in [0, 0.1) is 5.92 Å². The molecule has 21 heavy (non-hydrogen) atoms. The Bertz CT molecular complexity index is 433. The first-order valence-corrected chi connectivity index (χ1v) is 8.16. The number of likely N-dealkylation sites (N-methyl/N-ethyl adjacent to an activating group) is 1. The summed E-state index contributed by atoms with van der Waals surface area (Å²) < 4.78 is 0. The van der Waals surface area contributed by atoms with Crippen LogP contribution in [0.1, 0.15) is 32.8 Å². The van der Waals surface area contributed by atoms with E-state index in [2.05, 4.69) is 54.0 Å². The van der Waals surface area contributed by atoms with E-state index in [-0.39, 0.29) is 0 Å². The maximum absolute atomic E-state index is 4.32. The van der Waals surface area contributed by atoms with Crippen LogP contribution in [0.25, 0.3) is 0 Å². The average molecular weight is 290 g/mol. The number of anilines is 1. The number of hydrogen-bond donors (Lipinski definition) is 1. The minimum absolute atomic E-state index is 0.545. The van der Waals surface area contributed by atoms with E-state index in [0.717, 1.165) is 26.2 Å². The van der Waals surface area contributed by atoms with Gasteiger partial charge in [-0.25, -0.2) is 0 Å². The van der Waals surface area contributed by atoms with Crippen molar-refractivity contribution in [3.63, 3.8) is 0 Å². The summed E-state index contributed by atoms with van der Waals surface area (Å²) >= 11 is 0. The zero-order chi connectivity index (χ0) is 15.2. The SMILES string of the molecule is CC(C)CNCc1cnccc1N1CCCN(C)CC1C. The molecule has 4 nitrogen and oxygen atoms in total. The molecule has 1 aromatic rings. The largest absolute Gasteiger partial charge is 0.367 e. The number of hydrogen-bond acceptors (Lipinski definition) is 4. The molecule has 1 aromatic heterocycles. The predicted molar refractivity (Wildman–Crippen MR) is 89.7 cm³/mol. The van der Waals surface area contributed by atoms with E-state index in [9.17, 15) is 0 Å². The second kappa shape index (κ2) is 7.76. The van der Waals surface area contributed by atoms with Gasteiger partial charge in [0.2, 0.25) is 0 Å². The monoisotopic (exact) mass is 290 g/mol. The molecule has 1 unspecified atom stereocenters. The van der Waals surface area contributed by atoms with Crippen LogP contribution in [0.15, 0.2) is 18.5 Å². The highest BCUT2D eigenvalue weighted by molar-refractivity contribution is 5.53. The third-order valence-corrected chi connectivity index (χ3v) is 4.10. The van der Waals surface area contributed by atoms with Crippen molar-refractivity contribution < 1.29 is 0 Å². The molecule has 0 radical (unpaired) electrons. The summed E-state index contributed by atoms with van der Waals surface area (Å²) in [5.74, 6) is 0.677. The quantitative estimate of drug-likeness (QED) is 0.902. The van der Waals surface area contributed by atoms with Gasteiger partial charge in [0.25, 0.3) is 0 Å². The second-order valence-corrected chi connectivity index (χ2v) is 6.69. The van der Waals surface area contributed by atoms with Crippen LogP contribution in [-0.4, -0.2) is 49.2 Å². The molecule has 2 heterocycles. The van der Waals surface area contributed by atoms with Crippen LogP contribution in [0.5, 0.6) is 0 Å². The lowest BCUT2D eigenvalue weighted by molar-refractivity contribution is 0.337. The molecule has 1 fully saturated rings. The summed E-state index contributed by atoms with van der Waals surface area (Å²) in [6.45, 7) is 12.2. The van der Waals surface area contributed by atoms with Crippen molar-refractivity contribution in [3.05, 3.63) is 24.0 Å². The van der Waals surface area contributed by atoms with Crippen LogP contribution >= 0.6 is 0 Å². The lowest BCUT2D eigenvalue weighted by Gasteiger charge is -2.31. The Hall–Kier alpha value is -1.13. The lowest BCUT2D eigenvalue weighted by Crippen LogP contribution is -2.38. The number of nitrogens with one attached hydrogen (secondary N) is 1. The summed E-state index contributed by atoms with van der Waals surface area (Å²) in [6.07, 6.45) is 5.16. The molecule has 0 aromatic carbocycles. The minimum Gasteiger partial charge on any atom is -0.367 e. The fourth-order valence-electron chi connectivity index (χ4n) is 3.06. The molecule has 4 heteroatoms. The Balaban J connectivity index is 2.10. The first-order valence-electron chi connectivity index (χ1n) is 8.16. The maximum atomic E-state index is 4.32. The van der Waals surface area contributed by atoms with Crippen LogP contribution in [0.3, 0.4) is 0 Å². The van der Waals surface area contributed by atoms with E-state index in [1.807, 2.05) is 12.4 Å². The first-order chi connectivity index (χ1) is 10.1. The fourth-order valence-corrected chi connectivity index (χ4v) is 3.06. The van der Waals surface area contributed by atoms with Gasteiger partial charge in [-0.05, 0) is 45.5 Å². The Morgan fingerprint density at radius 1 is 1.38 bits per heavy atom. The number of rotatable bonds is 5. The third-order valence-electron chi connectivity index (χ3n) is 4.10. The molecule has 1 N–H and O–H groups in total. The van der Waals surface area contributed by atoms with E-state index in [4.69, 9.17) is 0 Å². The summed E-state index contributed by atoms with van der Waals surface area (Å²) in [6, 6.07) is 2.72. The van der Waals surface area contributed by atoms with Gasteiger partial charge < -0.3 is 15.1 Å². The Morgan fingerprint density at radius 2 is 2.19 bits per heavy atom. The maximum Gasteiger partial charge on any atom is 0.0445 e. The summed E-state index contributed by atoms with van der Waals surface area (Å²) in [7, 11) is 2.22. The van der Waals surface area contributed by atoms with Crippen molar-refractivity contribution in [2.45, 2.75) is 39.8 Å². The molecule has 0 spiro atoms. The topological polar surface area (TPSA) is 31.4 Å². The van der Waals surface area contributed by atoms with Gasteiger partial charge >= 0.3 is 0 Å². The van der Waals surface area contributed by atoms with Gasteiger partial charge in [0, 0.05) is 49.3 Å². The van der Waals surface area contributed by atoms with Crippen LogP contribution < -0.4 is 10.2 Å². The molecule has 1 aliphatic heterocycles. The molecule has 118 valence electrons. The summed E-state index contributed by atoms with van der Waals surface area (Å²) in [4.78, 5) is 9.31. The van der Waals surface area contributed by atoms with Gasteiger partial charge in [-0.1, -0.05) is 13.8 Å². The molecule has 0 aliphatic carbocycles. The molecule has 1 saturated heterocycles. The molecule has 0 bridgehead atoms. The van der Waals surface area contributed by atoms with Gasteiger partial charge in [0.15, 0.2) is 0 Å². The third kappa shape index (κ3) is 4.68. The van der Waals surface area contributed by atoms with Crippen molar-refractivity contribution in [3.8, 4) is 0 Å². The number of pyridine rings is 1. The molecule has 0 amide bonds.